The zero-order valence-electron chi connectivity index (χ0n) is 14.0. The third kappa shape index (κ3) is 3.26. The highest BCUT2D eigenvalue weighted by Gasteiger charge is 2.41. The van der Waals surface area contributed by atoms with Crippen LogP contribution in [0.15, 0.2) is 29.1 Å². The summed E-state index contributed by atoms with van der Waals surface area (Å²) < 4.78 is 18.8. The van der Waals surface area contributed by atoms with Crippen LogP contribution in [0.5, 0.6) is 5.75 Å². The number of ether oxygens (including phenoxy) is 1. The van der Waals surface area contributed by atoms with E-state index in [4.69, 9.17) is 4.74 Å². The van der Waals surface area contributed by atoms with Crippen LogP contribution in [0.1, 0.15) is 16.1 Å². The van der Waals surface area contributed by atoms with E-state index in [1.165, 1.54) is 18.4 Å². The van der Waals surface area contributed by atoms with Gasteiger partial charge in [0.15, 0.2) is 11.6 Å². The summed E-state index contributed by atoms with van der Waals surface area (Å²) in [5.41, 5.74) is 3.20. The number of rotatable bonds is 4. The fourth-order valence-corrected chi connectivity index (χ4v) is 4.46. The summed E-state index contributed by atoms with van der Waals surface area (Å²) in [6.45, 7) is 4.19. The van der Waals surface area contributed by atoms with E-state index in [0.29, 0.717) is 17.5 Å². The molecule has 5 nitrogen and oxygen atoms in total. The van der Waals surface area contributed by atoms with Crippen molar-refractivity contribution in [2.75, 3.05) is 33.3 Å². The van der Waals surface area contributed by atoms with E-state index in [1.807, 2.05) is 11.0 Å². The maximum Gasteiger partial charge on any atom is 0.273 e. The molecule has 2 aromatic rings. The van der Waals surface area contributed by atoms with Crippen molar-refractivity contribution in [2.45, 2.75) is 6.54 Å². The quantitative estimate of drug-likeness (QED) is 0.839. The van der Waals surface area contributed by atoms with Gasteiger partial charge in [0.2, 0.25) is 0 Å². The predicted octanol–water partition coefficient (Wildman–Crippen LogP) is 2.49. The van der Waals surface area contributed by atoms with Crippen LogP contribution in [0, 0.1) is 17.7 Å². The molecule has 2 fully saturated rings. The molecule has 7 heteroatoms. The summed E-state index contributed by atoms with van der Waals surface area (Å²) in [5.74, 6) is 0.980. The molecular formula is C18H20FN3O2S. The maximum absolute atomic E-state index is 13.8. The van der Waals surface area contributed by atoms with Gasteiger partial charge in [-0.05, 0) is 29.5 Å². The Hall–Kier alpha value is -1.99. The lowest BCUT2D eigenvalue weighted by atomic mass is 10.0. The highest BCUT2D eigenvalue weighted by atomic mass is 32.1. The van der Waals surface area contributed by atoms with Gasteiger partial charge in [-0.25, -0.2) is 9.37 Å². The van der Waals surface area contributed by atoms with Gasteiger partial charge in [-0.1, -0.05) is 6.07 Å². The van der Waals surface area contributed by atoms with Crippen LogP contribution in [0.25, 0.3) is 0 Å². The van der Waals surface area contributed by atoms with Crippen LogP contribution in [0.2, 0.25) is 0 Å². The summed E-state index contributed by atoms with van der Waals surface area (Å²) in [4.78, 5) is 20.8. The van der Waals surface area contributed by atoms with Crippen molar-refractivity contribution in [3.8, 4) is 5.75 Å². The van der Waals surface area contributed by atoms with Gasteiger partial charge < -0.3 is 9.64 Å². The molecule has 3 heterocycles. The normalized spacial score (nSPS) is 23.0. The molecule has 0 unspecified atom stereocenters. The van der Waals surface area contributed by atoms with E-state index < -0.39 is 0 Å². The minimum atomic E-state index is -0.320. The van der Waals surface area contributed by atoms with E-state index in [0.717, 1.165) is 38.3 Å². The van der Waals surface area contributed by atoms with E-state index in [2.05, 4.69) is 9.88 Å². The second-order valence-electron chi connectivity index (χ2n) is 6.77. The van der Waals surface area contributed by atoms with Crippen LogP contribution < -0.4 is 4.74 Å². The second-order valence-corrected chi connectivity index (χ2v) is 7.49. The van der Waals surface area contributed by atoms with Gasteiger partial charge >= 0.3 is 0 Å². The Balaban J connectivity index is 1.35. The van der Waals surface area contributed by atoms with Crippen molar-refractivity contribution < 1.29 is 13.9 Å². The van der Waals surface area contributed by atoms with Crippen molar-refractivity contribution >= 4 is 17.2 Å². The monoisotopic (exact) mass is 361 g/mol. The number of amides is 1. The molecule has 132 valence electrons. The van der Waals surface area contributed by atoms with Crippen LogP contribution in [0.3, 0.4) is 0 Å². The number of nitrogens with zero attached hydrogens (tertiary/aromatic N) is 3. The van der Waals surface area contributed by atoms with Crippen LogP contribution >= 0.6 is 11.3 Å². The molecule has 0 aliphatic carbocycles. The Labute approximate surface area is 150 Å². The second kappa shape index (κ2) is 6.72. The minimum Gasteiger partial charge on any atom is -0.494 e. The average molecular weight is 361 g/mol. The summed E-state index contributed by atoms with van der Waals surface area (Å²) in [6.07, 6.45) is 0. The van der Waals surface area contributed by atoms with Crippen LogP contribution in [0.4, 0.5) is 4.39 Å². The highest BCUT2D eigenvalue weighted by Crippen LogP contribution is 2.33. The van der Waals surface area contributed by atoms with Gasteiger partial charge in [0.1, 0.15) is 5.69 Å². The minimum absolute atomic E-state index is 0.0411. The van der Waals surface area contributed by atoms with E-state index in [-0.39, 0.29) is 17.5 Å². The Bertz CT molecular complexity index is 754. The number of halogens is 1. The fourth-order valence-electron chi connectivity index (χ4n) is 3.93. The first-order valence-corrected chi connectivity index (χ1v) is 9.30. The average Bonchev–Trinajstić information content (AvgIpc) is 3.30. The highest BCUT2D eigenvalue weighted by molar-refractivity contribution is 7.07. The largest absolute Gasteiger partial charge is 0.494 e. The first-order valence-electron chi connectivity index (χ1n) is 8.36. The third-order valence-electron chi connectivity index (χ3n) is 5.12. The third-order valence-corrected chi connectivity index (χ3v) is 5.71. The molecule has 1 amide bonds. The standard InChI is InChI=1S/C18H20FN3O2S/c1-24-17-3-2-12(4-15(17)19)5-21-6-13-8-22(9-14(13)7-21)18(23)16-10-25-11-20-16/h2-4,10-11,13-14H,5-9H2,1H3/t13-,14-/m1/s1. The smallest absolute Gasteiger partial charge is 0.273 e. The number of hydrogen-bond acceptors (Lipinski definition) is 5. The lowest BCUT2D eigenvalue weighted by molar-refractivity contribution is 0.0768. The van der Waals surface area contributed by atoms with Crippen molar-refractivity contribution in [3.05, 3.63) is 46.2 Å². The number of hydrogen-bond donors (Lipinski definition) is 0. The summed E-state index contributed by atoms with van der Waals surface area (Å²) in [5, 5.41) is 1.81. The van der Waals surface area contributed by atoms with E-state index >= 15 is 0 Å². The molecule has 4 rings (SSSR count). The molecule has 0 bridgehead atoms. The van der Waals surface area contributed by atoms with Gasteiger partial charge in [0.25, 0.3) is 5.91 Å². The molecule has 25 heavy (non-hydrogen) atoms. The molecule has 2 aliphatic rings. The number of carbonyl (C=O) groups excluding carboxylic acids is 1. The molecule has 0 saturated carbocycles. The number of carbonyl (C=O) groups is 1. The first kappa shape index (κ1) is 16.5. The maximum atomic E-state index is 13.8. The molecule has 1 aromatic carbocycles. The number of thiazole rings is 1. The summed E-state index contributed by atoms with van der Waals surface area (Å²) >= 11 is 1.45. The molecule has 2 atom stereocenters. The van der Waals surface area contributed by atoms with Gasteiger partial charge in [-0.3, -0.25) is 9.69 Å². The Morgan fingerprint density at radius 2 is 2.08 bits per heavy atom. The van der Waals surface area contributed by atoms with Crippen molar-refractivity contribution in [3.63, 3.8) is 0 Å². The van der Waals surface area contributed by atoms with Gasteiger partial charge in [0.05, 0.1) is 12.6 Å². The zero-order valence-corrected chi connectivity index (χ0v) is 14.8. The van der Waals surface area contributed by atoms with Crippen molar-refractivity contribution in [2.24, 2.45) is 11.8 Å². The Morgan fingerprint density at radius 1 is 1.32 bits per heavy atom. The van der Waals surface area contributed by atoms with Crippen molar-refractivity contribution in [1.29, 1.82) is 0 Å². The van der Waals surface area contributed by atoms with Gasteiger partial charge in [-0.2, -0.15) is 0 Å². The van der Waals surface area contributed by atoms with E-state index in [1.54, 1.807) is 23.0 Å². The molecule has 1 aromatic heterocycles. The van der Waals surface area contributed by atoms with Crippen molar-refractivity contribution in [1.82, 2.24) is 14.8 Å². The molecule has 0 radical (unpaired) electrons. The Morgan fingerprint density at radius 3 is 2.68 bits per heavy atom. The van der Waals surface area contributed by atoms with Gasteiger partial charge in [-0.15, -0.1) is 11.3 Å². The van der Waals surface area contributed by atoms with E-state index in [9.17, 15) is 9.18 Å². The molecule has 0 spiro atoms. The predicted molar refractivity (Wildman–Crippen MR) is 93.2 cm³/mol. The topological polar surface area (TPSA) is 45.7 Å². The van der Waals surface area contributed by atoms with Gasteiger partial charge in [0, 0.05) is 38.1 Å². The number of methoxy groups -OCH3 is 1. The first-order chi connectivity index (χ1) is 12.1. The molecule has 2 saturated heterocycles. The summed E-state index contributed by atoms with van der Waals surface area (Å²) in [7, 11) is 1.47. The number of aromatic nitrogens is 1. The lowest BCUT2D eigenvalue weighted by Crippen LogP contribution is -2.33. The number of fused-ring (bicyclic) bond motifs is 1. The Kier molecular flexibility index (Phi) is 4.43. The summed E-state index contributed by atoms with van der Waals surface area (Å²) in [6, 6.07) is 5.13. The lowest BCUT2D eigenvalue weighted by Gasteiger charge is -2.21. The molecule has 0 N–H and O–H groups in total. The number of likely N-dealkylation sites (tertiary alicyclic amines) is 2. The van der Waals surface area contributed by atoms with Crippen LogP contribution in [-0.4, -0.2) is 54.0 Å². The zero-order chi connectivity index (χ0) is 17.4. The number of benzene rings is 1. The van der Waals surface area contributed by atoms with Crippen LogP contribution in [-0.2, 0) is 6.54 Å². The fraction of sp³-hybridized carbons (Fsp3) is 0.444. The molecular weight excluding hydrogens is 341 g/mol. The SMILES string of the molecule is COc1ccc(CN2C[C@@H]3CN(C(=O)c4cscn4)C[C@H]3C2)cc1F. The molecule has 2 aliphatic heterocycles.